The van der Waals surface area contributed by atoms with Gasteiger partial charge in [0.25, 0.3) is 10.0 Å². The van der Waals surface area contributed by atoms with E-state index in [9.17, 15) is 8.42 Å². The van der Waals surface area contributed by atoms with Crippen molar-refractivity contribution < 1.29 is 17.9 Å². The first-order valence-electron chi connectivity index (χ1n) is 5.81. The van der Waals surface area contributed by atoms with Gasteiger partial charge in [0.2, 0.25) is 5.09 Å². The summed E-state index contributed by atoms with van der Waals surface area (Å²) in [5, 5.41) is 8.81. The molecule has 0 saturated heterocycles. The summed E-state index contributed by atoms with van der Waals surface area (Å²) in [6.07, 6.45) is 2.63. The molecule has 0 aromatic carbocycles. The number of nitrogens with zero attached hydrogens (tertiary/aromatic N) is 1. The van der Waals surface area contributed by atoms with Gasteiger partial charge in [0.05, 0.1) is 0 Å². The Kier molecular flexibility index (Phi) is 3.56. The van der Waals surface area contributed by atoms with Crippen LogP contribution in [0.5, 0.6) is 0 Å². The van der Waals surface area contributed by atoms with Gasteiger partial charge in [-0.15, -0.1) is 0 Å². The molecule has 0 amide bonds. The highest BCUT2D eigenvalue weighted by atomic mass is 32.2. The lowest BCUT2D eigenvalue weighted by molar-refractivity contribution is 0.234. The Hall–Kier alpha value is -0.850. The highest BCUT2D eigenvalue weighted by Gasteiger charge is 2.38. The molecular weight excluding hydrogens is 242 g/mol. The second-order valence-corrected chi connectivity index (χ2v) is 6.05. The number of hydrogen-bond acceptors (Lipinski definition) is 4. The number of hydrogen-bond donors (Lipinski definition) is 1. The van der Waals surface area contributed by atoms with Crippen molar-refractivity contribution in [2.45, 2.75) is 43.9 Å². The molecule has 1 N–H and O–H groups in total. The van der Waals surface area contributed by atoms with E-state index >= 15 is 0 Å². The van der Waals surface area contributed by atoms with E-state index in [2.05, 4.69) is 0 Å². The van der Waals surface area contributed by atoms with Gasteiger partial charge in [-0.3, -0.25) is 0 Å². The van der Waals surface area contributed by atoms with E-state index in [1.807, 2.05) is 6.92 Å². The molecule has 0 spiro atoms. The van der Waals surface area contributed by atoms with E-state index in [-0.39, 0.29) is 23.5 Å². The zero-order valence-corrected chi connectivity index (χ0v) is 10.6. The van der Waals surface area contributed by atoms with Crippen LogP contribution in [0.25, 0.3) is 0 Å². The van der Waals surface area contributed by atoms with Crippen LogP contribution in [0.4, 0.5) is 0 Å². The Bertz CT molecular complexity index is 475. The average molecular weight is 259 g/mol. The Morgan fingerprint density at radius 2 is 2.18 bits per heavy atom. The number of furan rings is 1. The molecule has 1 aromatic heterocycles. The van der Waals surface area contributed by atoms with Gasteiger partial charge in [0.15, 0.2) is 0 Å². The molecule has 0 bridgehead atoms. The van der Waals surface area contributed by atoms with Crippen molar-refractivity contribution in [1.82, 2.24) is 4.31 Å². The minimum absolute atomic E-state index is 0.0677. The van der Waals surface area contributed by atoms with E-state index in [1.54, 1.807) is 0 Å². The monoisotopic (exact) mass is 259 g/mol. The summed E-state index contributed by atoms with van der Waals surface area (Å²) >= 11 is 0. The topological polar surface area (TPSA) is 70.8 Å². The van der Waals surface area contributed by atoms with E-state index < -0.39 is 10.0 Å². The molecule has 5 nitrogen and oxygen atoms in total. The maximum absolute atomic E-state index is 12.3. The summed E-state index contributed by atoms with van der Waals surface area (Å²) in [5.41, 5.74) is 0. The van der Waals surface area contributed by atoms with Crippen molar-refractivity contribution in [3.8, 4) is 0 Å². The predicted molar refractivity (Wildman–Crippen MR) is 61.8 cm³/mol. The lowest BCUT2D eigenvalue weighted by atomic mass is 10.5. The Morgan fingerprint density at radius 1 is 1.47 bits per heavy atom. The number of aliphatic hydroxyl groups excluding tert-OH is 1. The average Bonchev–Trinajstić information content (AvgIpc) is 3.01. The second-order valence-electron chi connectivity index (χ2n) is 4.23. The van der Waals surface area contributed by atoms with Gasteiger partial charge in [0.1, 0.15) is 12.4 Å². The lowest BCUT2D eigenvalue weighted by Gasteiger charge is -2.19. The maximum Gasteiger partial charge on any atom is 0.276 e. The number of sulfonamides is 1. The molecule has 1 aliphatic rings. The van der Waals surface area contributed by atoms with Crippen LogP contribution in [-0.4, -0.2) is 30.4 Å². The normalized spacial score (nSPS) is 16.6. The second kappa shape index (κ2) is 4.80. The highest BCUT2D eigenvalue weighted by Crippen LogP contribution is 2.32. The molecule has 6 heteroatoms. The molecule has 17 heavy (non-hydrogen) atoms. The molecule has 0 radical (unpaired) electrons. The maximum atomic E-state index is 12.3. The molecule has 96 valence electrons. The highest BCUT2D eigenvalue weighted by molar-refractivity contribution is 7.89. The largest absolute Gasteiger partial charge is 0.446 e. The first-order valence-corrected chi connectivity index (χ1v) is 7.25. The van der Waals surface area contributed by atoms with Gasteiger partial charge in [-0.25, -0.2) is 8.42 Å². The van der Waals surface area contributed by atoms with Gasteiger partial charge >= 0.3 is 0 Å². The van der Waals surface area contributed by atoms with Gasteiger partial charge in [-0.1, -0.05) is 6.92 Å². The van der Waals surface area contributed by atoms with Crippen LogP contribution in [0, 0.1) is 0 Å². The summed E-state index contributed by atoms with van der Waals surface area (Å²) in [6.45, 7) is 2.18. The minimum Gasteiger partial charge on any atom is -0.446 e. The van der Waals surface area contributed by atoms with Crippen LogP contribution in [0.15, 0.2) is 21.6 Å². The van der Waals surface area contributed by atoms with Crippen molar-refractivity contribution in [3.05, 3.63) is 17.9 Å². The molecule has 1 fully saturated rings. The fourth-order valence-corrected chi connectivity index (χ4v) is 3.49. The molecular formula is C11H17NO4S. The Morgan fingerprint density at radius 3 is 2.65 bits per heavy atom. The number of aliphatic hydroxyl groups is 1. The third-order valence-electron chi connectivity index (χ3n) is 2.75. The van der Waals surface area contributed by atoms with Crippen LogP contribution in [-0.2, 0) is 16.6 Å². The zero-order valence-electron chi connectivity index (χ0n) is 9.80. The van der Waals surface area contributed by atoms with Crippen molar-refractivity contribution in [2.24, 2.45) is 0 Å². The molecule has 1 heterocycles. The fraction of sp³-hybridized carbons (Fsp3) is 0.636. The molecule has 1 aliphatic carbocycles. The lowest BCUT2D eigenvalue weighted by Crippen LogP contribution is -2.33. The first-order chi connectivity index (χ1) is 8.09. The minimum atomic E-state index is -3.53. The van der Waals surface area contributed by atoms with Gasteiger partial charge in [-0.2, -0.15) is 4.31 Å². The predicted octanol–water partition coefficient (Wildman–Crippen LogP) is 1.33. The summed E-state index contributed by atoms with van der Waals surface area (Å²) in [4.78, 5) is 0. The van der Waals surface area contributed by atoms with Crippen molar-refractivity contribution in [1.29, 1.82) is 0 Å². The summed E-state index contributed by atoms with van der Waals surface area (Å²) in [7, 11) is -3.53. The van der Waals surface area contributed by atoms with Crippen LogP contribution >= 0.6 is 0 Å². The number of rotatable bonds is 6. The van der Waals surface area contributed by atoms with E-state index in [1.165, 1.54) is 16.4 Å². The van der Waals surface area contributed by atoms with Crippen LogP contribution in [0.1, 0.15) is 31.9 Å². The SMILES string of the molecule is CCCN(C1CC1)S(=O)(=O)c1ccc(CO)o1. The fourth-order valence-electron chi connectivity index (χ4n) is 1.78. The van der Waals surface area contributed by atoms with Crippen molar-refractivity contribution in [2.75, 3.05) is 6.54 Å². The molecule has 1 aromatic rings. The molecule has 0 atom stereocenters. The smallest absolute Gasteiger partial charge is 0.276 e. The van der Waals surface area contributed by atoms with Crippen LogP contribution in [0.3, 0.4) is 0 Å². The Balaban J connectivity index is 2.26. The van der Waals surface area contributed by atoms with Crippen molar-refractivity contribution in [3.63, 3.8) is 0 Å². The first kappa shape index (κ1) is 12.6. The quantitative estimate of drug-likeness (QED) is 0.836. The van der Waals surface area contributed by atoms with Gasteiger partial charge in [0, 0.05) is 12.6 Å². The third kappa shape index (κ3) is 2.53. The third-order valence-corrected chi connectivity index (χ3v) is 4.58. The molecule has 0 aliphatic heterocycles. The zero-order chi connectivity index (χ0) is 12.5. The van der Waals surface area contributed by atoms with Crippen LogP contribution in [0.2, 0.25) is 0 Å². The standard InChI is InChI=1S/C11H17NO4S/c1-2-7-12(9-3-4-9)17(14,15)11-6-5-10(8-13)16-11/h5-6,9,13H,2-4,7-8H2,1H3. The van der Waals surface area contributed by atoms with Crippen LogP contribution < -0.4 is 0 Å². The summed E-state index contributed by atoms with van der Waals surface area (Å²) < 4.78 is 31.2. The van der Waals surface area contributed by atoms with E-state index in [0.29, 0.717) is 6.54 Å². The Labute approximate surface area is 101 Å². The van der Waals surface area contributed by atoms with E-state index in [0.717, 1.165) is 19.3 Å². The molecule has 0 unspecified atom stereocenters. The molecule has 2 rings (SSSR count). The van der Waals surface area contributed by atoms with Gasteiger partial charge < -0.3 is 9.52 Å². The van der Waals surface area contributed by atoms with Crippen molar-refractivity contribution >= 4 is 10.0 Å². The van der Waals surface area contributed by atoms with Gasteiger partial charge in [-0.05, 0) is 31.4 Å². The molecule has 1 saturated carbocycles. The summed E-state index contributed by atoms with van der Waals surface area (Å²) in [5.74, 6) is 0.274. The van der Waals surface area contributed by atoms with E-state index in [4.69, 9.17) is 9.52 Å². The summed E-state index contributed by atoms with van der Waals surface area (Å²) in [6, 6.07) is 3.03.